The summed E-state index contributed by atoms with van der Waals surface area (Å²) in [7, 11) is 0. The Bertz CT molecular complexity index is 231. The monoisotopic (exact) mass is 284 g/mol. The minimum absolute atomic E-state index is 0.872. The molecule has 0 aliphatic heterocycles. The predicted octanol–water partition coefficient (Wildman–Crippen LogP) is 5.77. The maximum atomic E-state index is 10.5. The van der Waals surface area contributed by atoms with Crippen LogP contribution in [0.15, 0.2) is 5.57 Å². The van der Waals surface area contributed by atoms with E-state index in [1.165, 1.54) is 70.6 Å². The zero-order valence-corrected chi connectivity index (χ0v) is 13.6. The smallest absolute Gasteiger partial charge is 0.123 e. The van der Waals surface area contributed by atoms with E-state index in [2.05, 4.69) is 18.6 Å². The average molecular weight is 285 g/mol. The molecule has 0 bridgehead atoms. The average Bonchev–Trinajstić information content (AvgIpc) is 2.44. The second kappa shape index (κ2) is 15.9. The molecule has 0 saturated heterocycles. The molecule has 0 atom stereocenters. The molecule has 0 unspecified atom stereocenters. The molecule has 0 amide bonds. The van der Waals surface area contributed by atoms with Crippen LogP contribution >= 0.6 is 12.6 Å². The Hall–Kier alpha value is -0.200. The van der Waals surface area contributed by atoms with Gasteiger partial charge < -0.3 is 0 Å². The molecule has 0 aliphatic carbocycles. The SMILES string of the molecule is CCC(=C=O)CCCCCCCCCCCCCS. The van der Waals surface area contributed by atoms with Crippen molar-refractivity contribution in [3.05, 3.63) is 5.57 Å². The van der Waals surface area contributed by atoms with Gasteiger partial charge in [0.05, 0.1) is 0 Å². The number of hydrogen-bond donors (Lipinski definition) is 1. The third-order valence-corrected chi connectivity index (χ3v) is 4.02. The summed E-state index contributed by atoms with van der Waals surface area (Å²) in [5.74, 6) is 3.09. The molecule has 1 nitrogen and oxygen atoms in total. The fourth-order valence-corrected chi connectivity index (χ4v) is 2.56. The van der Waals surface area contributed by atoms with Crippen LogP contribution in [0.2, 0.25) is 0 Å². The Balaban J connectivity index is 3.09. The fraction of sp³-hybridized carbons (Fsp3) is 0.882. The van der Waals surface area contributed by atoms with E-state index in [9.17, 15) is 4.79 Å². The van der Waals surface area contributed by atoms with Crippen molar-refractivity contribution in [3.8, 4) is 0 Å². The highest BCUT2D eigenvalue weighted by molar-refractivity contribution is 7.80. The summed E-state index contributed by atoms with van der Waals surface area (Å²) in [6, 6.07) is 0. The molecule has 0 aromatic carbocycles. The summed E-state index contributed by atoms with van der Waals surface area (Å²) in [5, 5.41) is 0. The van der Waals surface area contributed by atoms with Gasteiger partial charge in [0.1, 0.15) is 5.94 Å². The second-order valence-corrected chi connectivity index (χ2v) is 5.87. The van der Waals surface area contributed by atoms with Crippen molar-refractivity contribution < 1.29 is 4.79 Å². The van der Waals surface area contributed by atoms with Crippen molar-refractivity contribution in [1.82, 2.24) is 0 Å². The van der Waals surface area contributed by atoms with Gasteiger partial charge in [-0.15, -0.1) is 0 Å². The van der Waals surface area contributed by atoms with Gasteiger partial charge in [-0.25, -0.2) is 4.79 Å². The standard InChI is InChI=1S/C17H32OS/c1-2-17(16-18)14-12-10-8-6-4-3-5-7-9-11-13-15-19/h19H,2-15H2,1H3. The molecule has 0 saturated carbocycles. The quantitative estimate of drug-likeness (QED) is 0.243. The van der Waals surface area contributed by atoms with Gasteiger partial charge in [-0.1, -0.05) is 64.7 Å². The third-order valence-electron chi connectivity index (χ3n) is 3.71. The molecular formula is C17H32OS. The van der Waals surface area contributed by atoms with E-state index >= 15 is 0 Å². The Morgan fingerprint density at radius 3 is 1.58 bits per heavy atom. The van der Waals surface area contributed by atoms with E-state index < -0.39 is 0 Å². The maximum Gasteiger partial charge on any atom is 0.123 e. The van der Waals surface area contributed by atoms with Gasteiger partial charge in [0.15, 0.2) is 0 Å². The lowest BCUT2D eigenvalue weighted by Crippen LogP contribution is -1.85. The van der Waals surface area contributed by atoms with Crippen LogP contribution in [0.25, 0.3) is 0 Å². The molecular weight excluding hydrogens is 252 g/mol. The lowest BCUT2D eigenvalue weighted by molar-refractivity contribution is 0.546. The van der Waals surface area contributed by atoms with Crippen LogP contribution in [0.4, 0.5) is 0 Å². The number of unbranched alkanes of at least 4 members (excludes halogenated alkanes) is 10. The van der Waals surface area contributed by atoms with Crippen LogP contribution in [0, 0.1) is 0 Å². The normalized spacial score (nSPS) is 10.4. The first-order valence-corrected chi connectivity index (χ1v) is 8.82. The van der Waals surface area contributed by atoms with Crippen molar-refractivity contribution in [2.75, 3.05) is 5.75 Å². The number of carbonyl (C=O) groups excluding carboxylic acids is 1. The summed E-state index contributed by atoms with van der Waals surface area (Å²) in [5.41, 5.74) is 0.959. The minimum Gasteiger partial charge on any atom is -0.234 e. The summed E-state index contributed by atoms with van der Waals surface area (Å²) in [6.07, 6.45) is 16.6. The molecule has 0 N–H and O–H groups in total. The summed E-state index contributed by atoms with van der Waals surface area (Å²) in [6.45, 7) is 2.04. The van der Waals surface area contributed by atoms with E-state index in [1.54, 1.807) is 0 Å². The maximum absolute atomic E-state index is 10.5. The van der Waals surface area contributed by atoms with E-state index in [0.717, 1.165) is 24.2 Å². The number of hydrogen-bond acceptors (Lipinski definition) is 2. The van der Waals surface area contributed by atoms with Crippen molar-refractivity contribution in [3.63, 3.8) is 0 Å². The first kappa shape index (κ1) is 18.8. The Kier molecular flexibility index (Phi) is 15.7. The van der Waals surface area contributed by atoms with Gasteiger partial charge >= 0.3 is 0 Å². The molecule has 0 aliphatic rings. The van der Waals surface area contributed by atoms with Crippen LogP contribution in [-0.4, -0.2) is 11.7 Å². The van der Waals surface area contributed by atoms with Crippen LogP contribution in [0.5, 0.6) is 0 Å². The summed E-state index contributed by atoms with van der Waals surface area (Å²) < 4.78 is 0. The highest BCUT2D eigenvalue weighted by atomic mass is 32.1. The molecule has 0 radical (unpaired) electrons. The first-order valence-electron chi connectivity index (χ1n) is 8.18. The number of rotatable bonds is 14. The lowest BCUT2D eigenvalue weighted by atomic mass is 10.0. The molecule has 2 heteroatoms. The third kappa shape index (κ3) is 14.0. The van der Waals surface area contributed by atoms with Gasteiger partial charge in [0.25, 0.3) is 0 Å². The van der Waals surface area contributed by atoms with Crippen LogP contribution in [0.1, 0.15) is 90.4 Å². The van der Waals surface area contributed by atoms with E-state index in [0.29, 0.717) is 0 Å². The molecule has 0 aromatic heterocycles. The van der Waals surface area contributed by atoms with Gasteiger partial charge in [-0.05, 0) is 31.4 Å². The Labute approximate surface area is 125 Å². The first-order chi connectivity index (χ1) is 9.35. The summed E-state index contributed by atoms with van der Waals surface area (Å²) in [4.78, 5) is 10.5. The Morgan fingerprint density at radius 2 is 1.21 bits per heavy atom. The van der Waals surface area contributed by atoms with Crippen molar-refractivity contribution in [2.45, 2.75) is 90.4 Å². The number of allylic oxidation sites excluding steroid dienone is 1. The largest absolute Gasteiger partial charge is 0.234 e. The van der Waals surface area contributed by atoms with Gasteiger partial charge in [-0.2, -0.15) is 12.6 Å². The summed E-state index contributed by atoms with van der Waals surface area (Å²) >= 11 is 4.22. The molecule has 112 valence electrons. The van der Waals surface area contributed by atoms with Crippen LogP contribution < -0.4 is 0 Å². The van der Waals surface area contributed by atoms with Crippen molar-refractivity contribution >= 4 is 18.6 Å². The fourth-order valence-electron chi connectivity index (χ4n) is 2.34. The zero-order valence-electron chi connectivity index (χ0n) is 12.8. The minimum atomic E-state index is 0.872. The topological polar surface area (TPSA) is 17.1 Å². The van der Waals surface area contributed by atoms with Gasteiger partial charge in [-0.3, -0.25) is 0 Å². The number of thiol groups is 1. The zero-order chi connectivity index (χ0) is 14.2. The second-order valence-electron chi connectivity index (χ2n) is 5.42. The van der Waals surface area contributed by atoms with E-state index in [1.807, 2.05) is 6.92 Å². The van der Waals surface area contributed by atoms with Crippen LogP contribution in [-0.2, 0) is 4.79 Å². The molecule has 19 heavy (non-hydrogen) atoms. The molecule has 0 spiro atoms. The van der Waals surface area contributed by atoms with Gasteiger partial charge in [0, 0.05) is 5.57 Å². The highest BCUT2D eigenvalue weighted by Crippen LogP contribution is 2.14. The van der Waals surface area contributed by atoms with Gasteiger partial charge in [0.2, 0.25) is 0 Å². The lowest BCUT2D eigenvalue weighted by Gasteiger charge is -2.03. The molecule has 0 heterocycles. The van der Waals surface area contributed by atoms with E-state index in [4.69, 9.17) is 0 Å². The molecule has 0 fully saturated rings. The van der Waals surface area contributed by atoms with E-state index in [-0.39, 0.29) is 0 Å². The highest BCUT2D eigenvalue weighted by Gasteiger charge is 1.96. The molecule has 0 rings (SSSR count). The predicted molar refractivity (Wildman–Crippen MR) is 88.8 cm³/mol. The Morgan fingerprint density at radius 1 is 0.789 bits per heavy atom. The molecule has 0 aromatic rings. The van der Waals surface area contributed by atoms with Crippen molar-refractivity contribution in [1.29, 1.82) is 0 Å². The van der Waals surface area contributed by atoms with Crippen molar-refractivity contribution in [2.24, 2.45) is 0 Å². The van der Waals surface area contributed by atoms with Crippen LogP contribution in [0.3, 0.4) is 0 Å².